The Balaban J connectivity index is -0.000000180. The number of aliphatic hydroxyl groups is 2. The summed E-state index contributed by atoms with van der Waals surface area (Å²) in [6, 6.07) is 0. The number of aliphatic hydroxyl groups excluding tert-OH is 2. The molecule has 0 fully saturated rings. The van der Waals surface area contributed by atoms with Crippen molar-refractivity contribution in [2.24, 2.45) is 0 Å². The maximum absolute atomic E-state index is 10.0. The van der Waals surface area contributed by atoms with Crippen LogP contribution < -0.4 is 0 Å². The zero-order chi connectivity index (χ0) is 11.7. The molecule has 1 radical (unpaired) electrons. The molecule has 15 heavy (non-hydrogen) atoms. The van der Waals surface area contributed by atoms with Gasteiger partial charge < -0.3 is 10.2 Å². The maximum Gasteiger partial charge on any atom is 0.155 e. The zero-order valence-electron chi connectivity index (χ0n) is 9.24. The molecule has 0 aromatic heterocycles. The van der Waals surface area contributed by atoms with Gasteiger partial charge in [0.1, 0.15) is 0 Å². The van der Waals surface area contributed by atoms with E-state index in [0.717, 1.165) is 0 Å². The molecule has 0 saturated heterocycles. The normalized spacial score (nSPS) is 10.7. The average molecular weight is 255 g/mol. The fraction of sp³-hybridized carbons (Fsp3) is 0.400. The van der Waals surface area contributed by atoms with Crippen LogP contribution in [0.2, 0.25) is 0 Å². The molecule has 0 aromatic carbocycles. The predicted molar refractivity (Wildman–Crippen MR) is 54.1 cm³/mol. The summed E-state index contributed by atoms with van der Waals surface area (Å²) in [5.41, 5.74) is 0. The fourth-order valence-electron chi connectivity index (χ4n) is 0.588. The standard InChI is InChI=1S/2C5H8O2.Mn/c2*1-4(6)3-5(2)7;/h2*3,6H,1-2H3;/b2*4-3+;. The molecule has 2 N–H and O–H groups in total. The van der Waals surface area contributed by atoms with Crippen LogP contribution in [-0.4, -0.2) is 21.8 Å². The Kier molecular flexibility index (Phi) is 14.3. The van der Waals surface area contributed by atoms with Gasteiger partial charge in [-0.25, -0.2) is 0 Å². The molecule has 0 aliphatic heterocycles. The van der Waals surface area contributed by atoms with Crippen molar-refractivity contribution < 1.29 is 36.9 Å². The van der Waals surface area contributed by atoms with Crippen LogP contribution in [0.25, 0.3) is 0 Å². The summed E-state index contributed by atoms with van der Waals surface area (Å²) in [5, 5.41) is 16.7. The van der Waals surface area contributed by atoms with E-state index in [9.17, 15) is 9.59 Å². The molecule has 0 unspecified atom stereocenters. The molecule has 0 aliphatic rings. The van der Waals surface area contributed by atoms with E-state index in [2.05, 4.69) is 0 Å². The van der Waals surface area contributed by atoms with Crippen molar-refractivity contribution in [3.8, 4) is 0 Å². The minimum atomic E-state index is -0.125. The molecule has 0 aliphatic carbocycles. The minimum Gasteiger partial charge on any atom is -0.512 e. The Morgan fingerprint density at radius 1 is 0.800 bits per heavy atom. The van der Waals surface area contributed by atoms with Crippen molar-refractivity contribution in [3.05, 3.63) is 23.7 Å². The van der Waals surface area contributed by atoms with Gasteiger partial charge in [0.25, 0.3) is 0 Å². The maximum atomic E-state index is 10.0. The number of allylic oxidation sites excluding steroid dienone is 4. The number of carbonyl (C=O) groups excluding carboxylic acids is 2. The van der Waals surface area contributed by atoms with Crippen molar-refractivity contribution in [1.82, 2.24) is 0 Å². The molecule has 0 aromatic rings. The number of hydrogen-bond acceptors (Lipinski definition) is 4. The van der Waals surface area contributed by atoms with E-state index in [1.807, 2.05) is 0 Å². The summed E-state index contributed by atoms with van der Waals surface area (Å²) < 4.78 is 0. The summed E-state index contributed by atoms with van der Waals surface area (Å²) in [6.45, 7) is 5.70. The Morgan fingerprint density at radius 2 is 1.00 bits per heavy atom. The number of rotatable bonds is 2. The number of carbonyl (C=O) groups is 2. The fourth-order valence-corrected chi connectivity index (χ4v) is 0.588. The van der Waals surface area contributed by atoms with Crippen molar-refractivity contribution in [3.63, 3.8) is 0 Å². The van der Waals surface area contributed by atoms with Crippen molar-refractivity contribution in [1.29, 1.82) is 0 Å². The first kappa shape index (κ1) is 19.5. The predicted octanol–water partition coefficient (Wildman–Crippen LogP) is 2.07. The van der Waals surface area contributed by atoms with E-state index in [0.29, 0.717) is 0 Å². The Morgan fingerprint density at radius 3 is 1.00 bits per heavy atom. The second kappa shape index (κ2) is 11.0. The molecule has 0 bridgehead atoms. The van der Waals surface area contributed by atoms with Crippen molar-refractivity contribution >= 4 is 11.6 Å². The first-order chi connectivity index (χ1) is 6.25. The van der Waals surface area contributed by atoms with E-state index < -0.39 is 0 Å². The van der Waals surface area contributed by atoms with Crippen molar-refractivity contribution in [2.75, 3.05) is 0 Å². The summed E-state index contributed by atoms with van der Waals surface area (Å²) in [7, 11) is 0. The van der Waals surface area contributed by atoms with Crippen LogP contribution in [0.5, 0.6) is 0 Å². The van der Waals surface area contributed by atoms with Crippen LogP contribution in [0.1, 0.15) is 27.7 Å². The molecule has 0 heterocycles. The van der Waals surface area contributed by atoms with E-state index in [1.165, 1.54) is 39.8 Å². The van der Waals surface area contributed by atoms with E-state index in [-0.39, 0.29) is 40.2 Å². The van der Waals surface area contributed by atoms with Gasteiger partial charge in [-0.1, -0.05) is 0 Å². The van der Waals surface area contributed by atoms with Crippen LogP contribution in [-0.2, 0) is 26.7 Å². The van der Waals surface area contributed by atoms with Gasteiger partial charge in [0.2, 0.25) is 0 Å². The summed E-state index contributed by atoms with van der Waals surface area (Å²) in [4.78, 5) is 20.0. The molecule has 0 amide bonds. The van der Waals surface area contributed by atoms with Gasteiger partial charge in [-0.05, 0) is 27.7 Å². The second-order valence-corrected chi connectivity index (χ2v) is 2.79. The van der Waals surface area contributed by atoms with Crippen LogP contribution in [0, 0.1) is 0 Å². The molecule has 0 atom stereocenters. The van der Waals surface area contributed by atoms with Gasteiger partial charge in [-0.2, -0.15) is 0 Å². The second-order valence-electron chi connectivity index (χ2n) is 2.79. The first-order valence-corrected chi connectivity index (χ1v) is 4.01. The van der Waals surface area contributed by atoms with Gasteiger partial charge in [0, 0.05) is 29.2 Å². The number of ketones is 2. The molecule has 0 spiro atoms. The SMILES string of the molecule is CC(=O)/C=C(\C)O.CC(=O)/C=C(\C)O.[Mn]. The third kappa shape index (κ3) is 32.2. The quantitative estimate of drug-likeness (QED) is 0.450. The molecule has 4 nitrogen and oxygen atoms in total. The molecular formula is C10H16MnO4. The van der Waals surface area contributed by atoms with Gasteiger partial charge in [0.15, 0.2) is 11.6 Å². The third-order valence-electron chi connectivity index (χ3n) is 0.824. The van der Waals surface area contributed by atoms with E-state index in [1.54, 1.807) is 0 Å². The monoisotopic (exact) mass is 255 g/mol. The van der Waals surface area contributed by atoms with Gasteiger partial charge in [-0.15, -0.1) is 0 Å². The number of hydrogen-bond donors (Lipinski definition) is 2. The van der Waals surface area contributed by atoms with Gasteiger partial charge >= 0.3 is 0 Å². The van der Waals surface area contributed by atoms with E-state index in [4.69, 9.17) is 10.2 Å². The molecular weight excluding hydrogens is 239 g/mol. The summed E-state index contributed by atoms with van der Waals surface area (Å²) >= 11 is 0. The largest absolute Gasteiger partial charge is 0.512 e. The molecule has 5 heteroatoms. The Bertz CT molecular complexity index is 231. The third-order valence-corrected chi connectivity index (χ3v) is 0.824. The minimum absolute atomic E-state index is 0. The average Bonchev–Trinajstić information content (AvgIpc) is 1.79. The Hall–Kier alpha value is -1.06. The summed E-state index contributed by atoms with van der Waals surface area (Å²) in [6.07, 6.45) is 2.33. The van der Waals surface area contributed by atoms with E-state index >= 15 is 0 Å². The van der Waals surface area contributed by atoms with Crippen molar-refractivity contribution in [2.45, 2.75) is 27.7 Å². The van der Waals surface area contributed by atoms with Crippen LogP contribution in [0.4, 0.5) is 0 Å². The first-order valence-electron chi connectivity index (χ1n) is 4.01. The van der Waals surface area contributed by atoms with Crippen LogP contribution >= 0.6 is 0 Å². The summed E-state index contributed by atoms with van der Waals surface area (Å²) in [5.74, 6) is -0.125. The van der Waals surface area contributed by atoms with Crippen LogP contribution in [0.3, 0.4) is 0 Å². The Labute approximate surface area is 100 Å². The molecule has 87 valence electrons. The smallest absolute Gasteiger partial charge is 0.155 e. The molecule has 0 saturated carbocycles. The van der Waals surface area contributed by atoms with Gasteiger partial charge in [-0.3, -0.25) is 9.59 Å². The molecule has 0 rings (SSSR count). The topological polar surface area (TPSA) is 74.6 Å². The zero-order valence-corrected chi connectivity index (χ0v) is 10.4. The van der Waals surface area contributed by atoms with Gasteiger partial charge in [0.05, 0.1) is 11.5 Å². The van der Waals surface area contributed by atoms with Crippen LogP contribution in [0.15, 0.2) is 23.7 Å².